The van der Waals surface area contributed by atoms with Crippen molar-refractivity contribution < 1.29 is 4.79 Å². The van der Waals surface area contributed by atoms with Crippen molar-refractivity contribution in [1.29, 1.82) is 0 Å². The molecule has 0 unspecified atom stereocenters. The molecule has 5 nitrogen and oxygen atoms in total. The minimum absolute atomic E-state index is 0.123. The molecule has 0 aliphatic carbocycles. The van der Waals surface area contributed by atoms with Crippen molar-refractivity contribution in [2.24, 2.45) is 5.92 Å². The first-order valence-corrected chi connectivity index (χ1v) is 9.61. The van der Waals surface area contributed by atoms with E-state index in [4.69, 9.17) is 0 Å². The number of thiophene rings is 1. The molecule has 25 heavy (non-hydrogen) atoms. The zero-order valence-electron chi connectivity index (χ0n) is 14.9. The summed E-state index contributed by atoms with van der Waals surface area (Å²) < 4.78 is 0. The van der Waals surface area contributed by atoms with E-state index in [1.165, 1.54) is 5.56 Å². The Hall–Kier alpha value is -1.76. The molecule has 0 saturated carbocycles. The van der Waals surface area contributed by atoms with Gasteiger partial charge in [-0.05, 0) is 54.2 Å². The first-order valence-electron chi connectivity index (χ1n) is 8.66. The van der Waals surface area contributed by atoms with Gasteiger partial charge in [0, 0.05) is 50.5 Å². The van der Waals surface area contributed by atoms with E-state index in [1.54, 1.807) is 11.3 Å². The van der Waals surface area contributed by atoms with Crippen molar-refractivity contribution in [3.63, 3.8) is 0 Å². The van der Waals surface area contributed by atoms with E-state index < -0.39 is 0 Å². The second-order valence-corrected chi connectivity index (χ2v) is 7.83. The molecule has 1 aliphatic rings. The lowest BCUT2D eigenvalue weighted by Crippen LogP contribution is -2.43. The van der Waals surface area contributed by atoms with E-state index in [2.05, 4.69) is 46.3 Å². The molecule has 0 bridgehead atoms. The van der Waals surface area contributed by atoms with Crippen molar-refractivity contribution in [3.8, 4) is 0 Å². The Bertz CT molecular complexity index is 659. The summed E-state index contributed by atoms with van der Waals surface area (Å²) in [6.45, 7) is 3.79. The minimum Gasteiger partial charge on any atom is -0.351 e. The molecule has 1 aliphatic heterocycles. The maximum atomic E-state index is 12.4. The molecule has 1 saturated heterocycles. The average molecular weight is 359 g/mol. The maximum Gasteiger partial charge on any atom is 0.224 e. The lowest BCUT2D eigenvalue weighted by atomic mass is 10.0. The third kappa shape index (κ3) is 5.36. The summed E-state index contributed by atoms with van der Waals surface area (Å²) in [7, 11) is 4.19. The Labute approximate surface area is 153 Å². The third-order valence-electron chi connectivity index (χ3n) is 4.56. The van der Waals surface area contributed by atoms with Crippen LogP contribution in [0.3, 0.4) is 0 Å². The van der Waals surface area contributed by atoms with Crippen molar-refractivity contribution in [3.05, 3.63) is 52.5 Å². The molecule has 6 heteroatoms. The van der Waals surface area contributed by atoms with E-state index in [0.717, 1.165) is 31.7 Å². The van der Waals surface area contributed by atoms with Gasteiger partial charge in [0.1, 0.15) is 0 Å². The van der Waals surface area contributed by atoms with Crippen LogP contribution in [0.25, 0.3) is 0 Å². The van der Waals surface area contributed by atoms with Gasteiger partial charge in [-0.3, -0.25) is 14.7 Å². The maximum absolute atomic E-state index is 12.4. The number of rotatable bonds is 7. The van der Waals surface area contributed by atoms with Gasteiger partial charge in [-0.2, -0.15) is 11.3 Å². The molecule has 0 spiro atoms. The zero-order valence-corrected chi connectivity index (χ0v) is 15.7. The summed E-state index contributed by atoms with van der Waals surface area (Å²) in [5, 5.41) is 7.33. The smallest absolute Gasteiger partial charge is 0.224 e. The number of likely N-dealkylation sites (tertiary alicyclic amines) is 1. The standard InChI is InChI=1S/C19H26N4OS/c1-22(2)11-17-12-23(10-15-3-6-20-7-4-15)13-18(17)21-19(24)9-16-5-8-25-14-16/h3-8,14,17-18H,9-13H2,1-2H3,(H,21,24)/t17-,18-/m1/s1. The number of hydrogen-bond acceptors (Lipinski definition) is 5. The van der Waals surface area contributed by atoms with E-state index in [0.29, 0.717) is 12.3 Å². The highest BCUT2D eigenvalue weighted by atomic mass is 32.1. The second kappa shape index (κ2) is 8.56. The molecule has 2 aromatic heterocycles. The molecule has 2 atom stereocenters. The molecule has 1 N–H and O–H groups in total. The second-order valence-electron chi connectivity index (χ2n) is 7.05. The first kappa shape index (κ1) is 18.0. The monoisotopic (exact) mass is 358 g/mol. The van der Waals surface area contributed by atoms with Gasteiger partial charge >= 0.3 is 0 Å². The average Bonchev–Trinajstić information content (AvgIpc) is 3.18. The molecule has 0 radical (unpaired) electrons. The van der Waals surface area contributed by atoms with Crippen LogP contribution in [0.4, 0.5) is 0 Å². The molecule has 1 fully saturated rings. The van der Waals surface area contributed by atoms with Gasteiger partial charge in [0.25, 0.3) is 0 Å². The number of nitrogens with zero attached hydrogens (tertiary/aromatic N) is 3. The van der Waals surface area contributed by atoms with Crippen LogP contribution in [0, 0.1) is 5.92 Å². The van der Waals surface area contributed by atoms with Crippen LogP contribution in [0.5, 0.6) is 0 Å². The molecule has 2 aromatic rings. The third-order valence-corrected chi connectivity index (χ3v) is 5.30. The Morgan fingerprint density at radius 3 is 2.76 bits per heavy atom. The Morgan fingerprint density at radius 2 is 2.08 bits per heavy atom. The molecular weight excluding hydrogens is 332 g/mol. The summed E-state index contributed by atoms with van der Waals surface area (Å²) in [5.41, 5.74) is 2.36. The van der Waals surface area contributed by atoms with Gasteiger partial charge in [0.05, 0.1) is 6.42 Å². The van der Waals surface area contributed by atoms with Crippen LogP contribution in [-0.4, -0.2) is 60.5 Å². The minimum atomic E-state index is 0.123. The number of pyridine rings is 1. The summed E-state index contributed by atoms with van der Waals surface area (Å²) in [6, 6.07) is 6.34. The van der Waals surface area contributed by atoms with Gasteiger partial charge in [-0.1, -0.05) is 0 Å². The summed E-state index contributed by atoms with van der Waals surface area (Å²) in [4.78, 5) is 21.1. The fraction of sp³-hybridized carbons (Fsp3) is 0.474. The Balaban J connectivity index is 1.60. The van der Waals surface area contributed by atoms with Crippen molar-refractivity contribution in [2.45, 2.75) is 19.0 Å². The highest BCUT2D eigenvalue weighted by Crippen LogP contribution is 2.20. The van der Waals surface area contributed by atoms with Crippen LogP contribution in [-0.2, 0) is 17.8 Å². The first-order chi connectivity index (χ1) is 12.1. The topological polar surface area (TPSA) is 48.5 Å². The molecule has 134 valence electrons. The van der Waals surface area contributed by atoms with E-state index >= 15 is 0 Å². The molecule has 0 aromatic carbocycles. The van der Waals surface area contributed by atoms with Crippen molar-refractivity contribution in [2.75, 3.05) is 33.7 Å². The fourth-order valence-electron chi connectivity index (χ4n) is 3.49. The van der Waals surface area contributed by atoms with E-state index in [9.17, 15) is 4.79 Å². The van der Waals surface area contributed by atoms with Crippen LogP contribution in [0.2, 0.25) is 0 Å². The zero-order chi connectivity index (χ0) is 17.6. The summed E-state index contributed by atoms with van der Waals surface area (Å²) in [6.07, 6.45) is 4.14. The van der Waals surface area contributed by atoms with Crippen LogP contribution >= 0.6 is 11.3 Å². The lowest BCUT2D eigenvalue weighted by Gasteiger charge is -2.23. The van der Waals surface area contributed by atoms with Crippen LogP contribution in [0.15, 0.2) is 41.4 Å². The predicted octanol–water partition coefficient (Wildman–Crippen LogP) is 1.86. The normalized spacial score (nSPS) is 20.9. The van der Waals surface area contributed by atoms with Gasteiger partial charge in [0.2, 0.25) is 5.91 Å². The summed E-state index contributed by atoms with van der Waals surface area (Å²) in [5.74, 6) is 0.571. The van der Waals surface area contributed by atoms with E-state index in [1.807, 2.05) is 29.2 Å². The van der Waals surface area contributed by atoms with Gasteiger partial charge in [-0.15, -0.1) is 0 Å². The SMILES string of the molecule is CN(C)C[C@@H]1CN(Cc2ccncc2)C[C@H]1NC(=O)Cc1ccsc1. The number of nitrogens with one attached hydrogen (secondary N) is 1. The number of carbonyl (C=O) groups excluding carboxylic acids is 1. The van der Waals surface area contributed by atoms with Crippen LogP contribution in [0.1, 0.15) is 11.1 Å². The van der Waals surface area contributed by atoms with Gasteiger partial charge in [-0.25, -0.2) is 0 Å². The molecule has 3 rings (SSSR count). The van der Waals surface area contributed by atoms with Gasteiger partial charge in [0.15, 0.2) is 0 Å². The predicted molar refractivity (Wildman–Crippen MR) is 102 cm³/mol. The largest absolute Gasteiger partial charge is 0.351 e. The summed E-state index contributed by atoms with van der Waals surface area (Å²) >= 11 is 1.63. The highest BCUT2D eigenvalue weighted by molar-refractivity contribution is 7.07. The van der Waals surface area contributed by atoms with Gasteiger partial charge < -0.3 is 10.2 Å². The number of amides is 1. The fourth-order valence-corrected chi connectivity index (χ4v) is 4.16. The number of carbonyl (C=O) groups is 1. The molecule has 3 heterocycles. The quantitative estimate of drug-likeness (QED) is 0.821. The molecular formula is C19H26N4OS. The number of hydrogen-bond donors (Lipinski definition) is 1. The van der Waals surface area contributed by atoms with Crippen molar-refractivity contribution in [1.82, 2.24) is 20.1 Å². The molecule has 1 amide bonds. The van der Waals surface area contributed by atoms with Crippen molar-refractivity contribution >= 4 is 17.2 Å². The van der Waals surface area contributed by atoms with E-state index in [-0.39, 0.29) is 11.9 Å². The lowest BCUT2D eigenvalue weighted by molar-refractivity contribution is -0.121. The number of aromatic nitrogens is 1. The Morgan fingerprint density at radius 1 is 1.28 bits per heavy atom. The Kier molecular flexibility index (Phi) is 6.18. The highest BCUT2D eigenvalue weighted by Gasteiger charge is 2.33. The van der Waals surface area contributed by atoms with Crippen LogP contribution < -0.4 is 5.32 Å².